The summed E-state index contributed by atoms with van der Waals surface area (Å²) in [5, 5.41) is 3.27. The number of aryl methyl sites for hydroxylation is 1. The minimum atomic E-state index is 0.824. The van der Waals surface area contributed by atoms with Crippen molar-refractivity contribution in [3.8, 4) is 0 Å². The third-order valence-electron chi connectivity index (χ3n) is 2.86. The Labute approximate surface area is 112 Å². The molecule has 0 radical (unpaired) electrons. The minimum absolute atomic E-state index is 0.824. The van der Waals surface area contributed by atoms with Gasteiger partial charge in [0.1, 0.15) is 0 Å². The fourth-order valence-electron chi connectivity index (χ4n) is 1.84. The fraction of sp³-hybridized carbons (Fsp3) is 0.357. The second kappa shape index (κ2) is 5.98. The summed E-state index contributed by atoms with van der Waals surface area (Å²) in [6.45, 7) is 3.99. The highest BCUT2D eigenvalue weighted by molar-refractivity contribution is 7.09. The molecule has 96 valence electrons. The summed E-state index contributed by atoms with van der Waals surface area (Å²) in [6.07, 6.45) is 1.04. The molecule has 2 N–H and O–H groups in total. The Kier molecular flexibility index (Phi) is 4.33. The van der Waals surface area contributed by atoms with E-state index in [0.717, 1.165) is 35.9 Å². The molecule has 0 unspecified atom stereocenters. The van der Waals surface area contributed by atoms with E-state index in [4.69, 9.17) is 5.73 Å². The number of hydrogen-bond donors (Lipinski definition) is 1. The summed E-state index contributed by atoms with van der Waals surface area (Å²) >= 11 is 1.71. The largest absolute Gasteiger partial charge is 0.399 e. The van der Waals surface area contributed by atoms with Crippen LogP contribution in [0.4, 0.5) is 5.69 Å². The van der Waals surface area contributed by atoms with Gasteiger partial charge in [-0.2, -0.15) is 0 Å². The van der Waals surface area contributed by atoms with Crippen LogP contribution in [0.15, 0.2) is 29.6 Å². The van der Waals surface area contributed by atoms with E-state index in [1.54, 1.807) is 11.3 Å². The molecule has 0 atom stereocenters. The molecular weight excluding hydrogens is 242 g/mol. The summed E-state index contributed by atoms with van der Waals surface area (Å²) in [5.41, 5.74) is 8.98. The first-order valence-corrected chi connectivity index (χ1v) is 6.95. The van der Waals surface area contributed by atoms with Crippen LogP contribution in [0.5, 0.6) is 0 Å². The van der Waals surface area contributed by atoms with Crippen LogP contribution >= 0.6 is 11.3 Å². The Morgan fingerprint density at radius 2 is 2.00 bits per heavy atom. The molecule has 4 heteroatoms. The minimum Gasteiger partial charge on any atom is -0.399 e. The van der Waals surface area contributed by atoms with Crippen LogP contribution in [0.2, 0.25) is 0 Å². The monoisotopic (exact) mass is 261 g/mol. The Bertz CT molecular complexity index is 490. The number of nitrogens with two attached hydrogens (primary N) is 1. The van der Waals surface area contributed by atoms with Crippen molar-refractivity contribution in [3.63, 3.8) is 0 Å². The van der Waals surface area contributed by atoms with E-state index >= 15 is 0 Å². The van der Waals surface area contributed by atoms with Gasteiger partial charge in [0, 0.05) is 24.2 Å². The maximum absolute atomic E-state index is 5.67. The number of nitrogens with zero attached hydrogens (tertiary/aromatic N) is 2. The molecule has 2 rings (SSSR count). The molecule has 0 bridgehead atoms. The Hall–Kier alpha value is -1.39. The zero-order chi connectivity index (χ0) is 13.0. The lowest BCUT2D eigenvalue weighted by molar-refractivity contribution is 0.327. The molecule has 0 aliphatic carbocycles. The van der Waals surface area contributed by atoms with Gasteiger partial charge in [-0.15, -0.1) is 11.3 Å². The molecule has 3 nitrogen and oxygen atoms in total. The summed E-state index contributed by atoms with van der Waals surface area (Å²) in [6, 6.07) is 8.10. The highest BCUT2D eigenvalue weighted by atomic mass is 32.1. The number of benzene rings is 1. The second-order valence-corrected chi connectivity index (χ2v) is 5.65. The Morgan fingerprint density at radius 1 is 1.28 bits per heavy atom. The van der Waals surface area contributed by atoms with Gasteiger partial charge in [0.25, 0.3) is 0 Å². The zero-order valence-corrected chi connectivity index (χ0v) is 11.7. The SMILES string of the molecule is Cc1nc(CN(C)CCc2ccc(N)cc2)cs1. The van der Waals surface area contributed by atoms with E-state index in [0.29, 0.717) is 0 Å². The van der Waals surface area contributed by atoms with Gasteiger partial charge >= 0.3 is 0 Å². The van der Waals surface area contributed by atoms with Crippen molar-refractivity contribution in [2.24, 2.45) is 0 Å². The van der Waals surface area contributed by atoms with E-state index in [1.165, 1.54) is 5.56 Å². The third-order valence-corrected chi connectivity index (χ3v) is 3.68. The third kappa shape index (κ3) is 3.82. The first-order valence-electron chi connectivity index (χ1n) is 6.07. The summed E-state index contributed by atoms with van der Waals surface area (Å²) in [4.78, 5) is 6.77. The normalized spacial score (nSPS) is 11.1. The molecule has 2 aromatic rings. The standard InChI is InChI=1S/C14H19N3S/c1-11-16-14(10-18-11)9-17(2)8-7-12-3-5-13(15)6-4-12/h3-6,10H,7-9,15H2,1-2H3. The van der Waals surface area contributed by atoms with Crippen LogP contribution in [0.3, 0.4) is 0 Å². The van der Waals surface area contributed by atoms with Gasteiger partial charge in [0.2, 0.25) is 0 Å². The van der Waals surface area contributed by atoms with Crippen molar-refractivity contribution in [2.45, 2.75) is 19.9 Å². The van der Waals surface area contributed by atoms with E-state index in [-0.39, 0.29) is 0 Å². The number of likely N-dealkylation sites (N-methyl/N-ethyl adjacent to an activating group) is 1. The molecule has 1 aromatic heterocycles. The molecule has 0 fully saturated rings. The topological polar surface area (TPSA) is 42.2 Å². The van der Waals surface area contributed by atoms with Crippen molar-refractivity contribution in [3.05, 3.63) is 45.9 Å². The van der Waals surface area contributed by atoms with Crippen LogP contribution in [-0.2, 0) is 13.0 Å². The predicted octanol–water partition coefficient (Wildman–Crippen LogP) is 2.71. The Balaban J connectivity index is 1.81. The van der Waals surface area contributed by atoms with Crippen LogP contribution in [0, 0.1) is 6.92 Å². The van der Waals surface area contributed by atoms with Gasteiger partial charge in [-0.3, -0.25) is 0 Å². The van der Waals surface area contributed by atoms with Crippen molar-refractivity contribution in [2.75, 3.05) is 19.3 Å². The quantitative estimate of drug-likeness (QED) is 0.841. The van der Waals surface area contributed by atoms with Gasteiger partial charge in [-0.25, -0.2) is 4.98 Å². The molecule has 1 aromatic carbocycles. The molecule has 1 heterocycles. The number of nitrogen functional groups attached to an aromatic ring is 1. The smallest absolute Gasteiger partial charge is 0.0897 e. The maximum Gasteiger partial charge on any atom is 0.0897 e. The fourth-order valence-corrected chi connectivity index (χ4v) is 2.44. The summed E-state index contributed by atoms with van der Waals surface area (Å²) in [7, 11) is 2.13. The first-order chi connectivity index (χ1) is 8.63. The van der Waals surface area contributed by atoms with E-state index in [1.807, 2.05) is 19.1 Å². The first kappa shape index (κ1) is 13.1. The van der Waals surface area contributed by atoms with Crippen LogP contribution in [-0.4, -0.2) is 23.5 Å². The zero-order valence-electron chi connectivity index (χ0n) is 10.9. The van der Waals surface area contributed by atoms with Crippen molar-refractivity contribution >= 4 is 17.0 Å². The second-order valence-electron chi connectivity index (χ2n) is 4.59. The molecule has 0 amide bonds. The van der Waals surface area contributed by atoms with Gasteiger partial charge < -0.3 is 10.6 Å². The number of thiazole rings is 1. The van der Waals surface area contributed by atoms with E-state index < -0.39 is 0 Å². The number of hydrogen-bond acceptors (Lipinski definition) is 4. The van der Waals surface area contributed by atoms with Crippen LogP contribution in [0.25, 0.3) is 0 Å². The Morgan fingerprint density at radius 3 is 2.61 bits per heavy atom. The molecular formula is C14H19N3S. The summed E-state index contributed by atoms with van der Waals surface area (Å²) < 4.78 is 0. The van der Waals surface area contributed by atoms with Crippen molar-refractivity contribution < 1.29 is 0 Å². The molecule has 18 heavy (non-hydrogen) atoms. The average Bonchev–Trinajstić information content (AvgIpc) is 2.74. The average molecular weight is 261 g/mol. The molecule has 0 aliphatic heterocycles. The lowest BCUT2D eigenvalue weighted by atomic mass is 10.1. The number of rotatable bonds is 5. The number of aromatic nitrogens is 1. The van der Waals surface area contributed by atoms with Crippen molar-refractivity contribution in [1.29, 1.82) is 0 Å². The highest BCUT2D eigenvalue weighted by Gasteiger charge is 2.03. The van der Waals surface area contributed by atoms with Gasteiger partial charge in [0.05, 0.1) is 10.7 Å². The van der Waals surface area contributed by atoms with Gasteiger partial charge in [-0.1, -0.05) is 12.1 Å². The van der Waals surface area contributed by atoms with Crippen LogP contribution in [0.1, 0.15) is 16.3 Å². The van der Waals surface area contributed by atoms with E-state index in [9.17, 15) is 0 Å². The molecule has 0 aliphatic rings. The van der Waals surface area contributed by atoms with Gasteiger partial charge in [-0.05, 0) is 38.1 Å². The van der Waals surface area contributed by atoms with Crippen LogP contribution < -0.4 is 5.73 Å². The molecule has 0 saturated carbocycles. The van der Waals surface area contributed by atoms with Crippen molar-refractivity contribution in [1.82, 2.24) is 9.88 Å². The molecule has 0 saturated heterocycles. The number of anilines is 1. The maximum atomic E-state index is 5.67. The highest BCUT2D eigenvalue weighted by Crippen LogP contribution is 2.11. The lowest BCUT2D eigenvalue weighted by Crippen LogP contribution is -2.20. The molecule has 0 spiro atoms. The lowest BCUT2D eigenvalue weighted by Gasteiger charge is -2.15. The van der Waals surface area contributed by atoms with E-state index in [2.05, 4.69) is 34.4 Å². The van der Waals surface area contributed by atoms with Gasteiger partial charge in [0.15, 0.2) is 0 Å². The predicted molar refractivity (Wildman–Crippen MR) is 77.7 cm³/mol. The summed E-state index contributed by atoms with van der Waals surface area (Å²) in [5.74, 6) is 0.